The van der Waals surface area contributed by atoms with Crippen molar-refractivity contribution in [1.29, 1.82) is 5.26 Å². The van der Waals surface area contributed by atoms with Gasteiger partial charge in [0, 0.05) is 0 Å². The molecule has 0 fully saturated rings. The largest absolute Gasteiger partial charge is 0.497 e. The minimum atomic E-state index is -3.94. The number of ether oxygens (including phenoxy) is 1. The molecule has 0 saturated carbocycles. The molecule has 5 nitrogen and oxygen atoms in total. The molecule has 0 aliphatic rings. The third kappa shape index (κ3) is 7.43. The summed E-state index contributed by atoms with van der Waals surface area (Å²) >= 11 is 0. The molecule has 3 aromatic rings. The third-order valence-electron chi connectivity index (χ3n) is 6.40. The van der Waals surface area contributed by atoms with Gasteiger partial charge in [-0.15, -0.1) is 0 Å². The predicted molar refractivity (Wildman–Crippen MR) is 143 cm³/mol. The summed E-state index contributed by atoms with van der Waals surface area (Å²) in [5, 5.41) is 9.97. The molecule has 0 aliphatic carbocycles. The van der Waals surface area contributed by atoms with Crippen molar-refractivity contribution >= 4 is 10.1 Å². The molecule has 6 heteroatoms. The zero-order chi connectivity index (χ0) is 26.0. The summed E-state index contributed by atoms with van der Waals surface area (Å²) in [6.07, 6.45) is 4.38. The van der Waals surface area contributed by atoms with Crippen LogP contribution in [0.1, 0.15) is 62.5 Å². The van der Waals surface area contributed by atoms with Gasteiger partial charge in [-0.05, 0) is 60.2 Å². The van der Waals surface area contributed by atoms with Crippen LogP contribution in [0.2, 0.25) is 0 Å². The summed E-state index contributed by atoms with van der Waals surface area (Å²) in [4.78, 5) is 0.181. The first kappa shape index (κ1) is 27.4. The van der Waals surface area contributed by atoms with Gasteiger partial charge in [-0.25, -0.2) is 0 Å². The molecule has 0 aromatic heterocycles. The number of rotatable bonds is 13. The van der Waals surface area contributed by atoms with Gasteiger partial charge in [0.2, 0.25) is 0 Å². The van der Waals surface area contributed by atoms with E-state index in [2.05, 4.69) is 13.0 Å². The molecule has 2 atom stereocenters. The van der Waals surface area contributed by atoms with E-state index in [-0.39, 0.29) is 4.90 Å². The van der Waals surface area contributed by atoms with Gasteiger partial charge in [-0.1, -0.05) is 87.2 Å². The van der Waals surface area contributed by atoms with Crippen LogP contribution in [0.4, 0.5) is 0 Å². The first-order valence-corrected chi connectivity index (χ1v) is 13.9. The Morgan fingerprint density at radius 3 is 2.11 bits per heavy atom. The molecule has 0 bridgehead atoms. The summed E-state index contributed by atoms with van der Waals surface area (Å²) in [6, 6.07) is 24.9. The Kier molecular flexibility index (Phi) is 10.1. The van der Waals surface area contributed by atoms with Crippen molar-refractivity contribution in [3.63, 3.8) is 0 Å². The lowest BCUT2D eigenvalue weighted by molar-refractivity contribution is 0.180. The van der Waals surface area contributed by atoms with E-state index in [0.29, 0.717) is 18.4 Å². The van der Waals surface area contributed by atoms with E-state index in [1.54, 1.807) is 38.3 Å². The summed E-state index contributed by atoms with van der Waals surface area (Å²) in [5.74, 6) is 0.323. The Bertz CT molecular complexity index is 1250. The highest BCUT2D eigenvalue weighted by molar-refractivity contribution is 7.86. The lowest BCUT2D eigenvalue weighted by Gasteiger charge is -2.21. The fraction of sp³-hybridized carbons (Fsp3) is 0.367. The molecule has 0 aliphatic heterocycles. The second kappa shape index (κ2) is 13.2. The average Bonchev–Trinajstić information content (AvgIpc) is 2.89. The zero-order valence-corrected chi connectivity index (χ0v) is 22.1. The van der Waals surface area contributed by atoms with Gasteiger partial charge in [0.1, 0.15) is 5.75 Å². The second-order valence-corrected chi connectivity index (χ2v) is 10.6. The molecule has 1 unspecified atom stereocenters. The summed E-state index contributed by atoms with van der Waals surface area (Å²) < 4.78 is 37.2. The van der Waals surface area contributed by atoms with Gasteiger partial charge in [-0.3, -0.25) is 4.18 Å². The summed E-state index contributed by atoms with van der Waals surface area (Å²) in [7, 11) is -2.30. The normalized spacial score (nSPS) is 13.1. The van der Waals surface area contributed by atoms with Gasteiger partial charge < -0.3 is 4.74 Å². The number of hydrogen-bond donors (Lipinski definition) is 0. The Morgan fingerprint density at radius 2 is 1.53 bits per heavy atom. The van der Waals surface area contributed by atoms with Crippen LogP contribution in [0.15, 0.2) is 77.7 Å². The molecule has 0 radical (unpaired) electrons. The van der Waals surface area contributed by atoms with Crippen LogP contribution < -0.4 is 4.74 Å². The van der Waals surface area contributed by atoms with Gasteiger partial charge in [0.15, 0.2) is 0 Å². The maximum Gasteiger partial charge on any atom is 0.297 e. The van der Waals surface area contributed by atoms with Crippen molar-refractivity contribution in [1.82, 2.24) is 0 Å². The topological polar surface area (TPSA) is 76.4 Å². The monoisotopic (exact) mass is 505 g/mol. The number of methoxy groups -OCH3 is 1. The maximum atomic E-state index is 13.1. The Balaban J connectivity index is 1.78. The van der Waals surface area contributed by atoms with Crippen molar-refractivity contribution < 1.29 is 17.3 Å². The predicted octanol–water partition coefficient (Wildman–Crippen LogP) is 7.41. The minimum Gasteiger partial charge on any atom is -0.497 e. The molecule has 3 aromatic carbocycles. The van der Waals surface area contributed by atoms with E-state index in [1.165, 1.54) is 0 Å². The molecule has 0 saturated heterocycles. The van der Waals surface area contributed by atoms with Crippen LogP contribution in [0.5, 0.6) is 5.75 Å². The Morgan fingerprint density at radius 1 is 0.889 bits per heavy atom. The highest BCUT2D eigenvalue weighted by atomic mass is 32.2. The highest BCUT2D eigenvalue weighted by Crippen LogP contribution is 2.30. The Hall–Kier alpha value is -3.14. The van der Waals surface area contributed by atoms with Crippen LogP contribution >= 0.6 is 0 Å². The van der Waals surface area contributed by atoms with Crippen molar-refractivity contribution in [2.75, 3.05) is 7.11 Å². The van der Waals surface area contributed by atoms with E-state index >= 15 is 0 Å². The third-order valence-corrected chi connectivity index (χ3v) is 7.92. The van der Waals surface area contributed by atoms with Gasteiger partial charge in [0.05, 0.1) is 30.1 Å². The van der Waals surface area contributed by atoms with Crippen LogP contribution in [-0.4, -0.2) is 21.6 Å². The fourth-order valence-corrected chi connectivity index (χ4v) is 5.63. The van der Waals surface area contributed by atoms with E-state index in [9.17, 15) is 13.7 Å². The van der Waals surface area contributed by atoms with E-state index < -0.39 is 22.1 Å². The van der Waals surface area contributed by atoms with E-state index in [0.717, 1.165) is 48.1 Å². The molecule has 3 rings (SSSR count). The average molecular weight is 506 g/mol. The number of nitriles is 1. The van der Waals surface area contributed by atoms with Crippen LogP contribution in [0.25, 0.3) is 11.1 Å². The van der Waals surface area contributed by atoms with Crippen molar-refractivity contribution in [2.45, 2.75) is 69.3 Å². The number of hydrogen-bond acceptors (Lipinski definition) is 5. The molecular formula is C30H35NO4S. The molecule has 0 N–H and O–H groups in total. The number of benzene rings is 3. The van der Waals surface area contributed by atoms with Crippen molar-refractivity contribution in [2.24, 2.45) is 0 Å². The highest BCUT2D eigenvalue weighted by Gasteiger charge is 2.26. The fourth-order valence-electron chi connectivity index (χ4n) is 4.29. The molecule has 0 spiro atoms. The standard InChI is InChI=1S/C30H35NO4S/c1-4-5-6-7-11-29(35-36(32,33)30-12-9-8-10-23(30)2)21-27(22-31)26-15-13-24(14-16-26)25-17-19-28(34-3)20-18-25/h8-10,12-20,27,29H,4-7,11,21H2,1-3H3/t27?,29-/m1/s1. The van der Waals surface area contributed by atoms with Crippen LogP contribution in [0, 0.1) is 18.3 Å². The van der Waals surface area contributed by atoms with Gasteiger partial charge in [-0.2, -0.15) is 13.7 Å². The lowest BCUT2D eigenvalue weighted by Crippen LogP contribution is -2.22. The number of aryl methyl sites for hydroxylation is 1. The first-order chi connectivity index (χ1) is 17.4. The van der Waals surface area contributed by atoms with Gasteiger partial charge in [0.25, 0.3) is 10.1 Å². The molecule has 0 amide bonds. The van der Waals surface area contributed by atoms with E-state index in [4.69, 9.17) is 8.92 Å². The lowest BCUT2D eigenvalue weighted by atomic mass is 9.91. The summed E-state index contributed by atoms with van der Waals surface area (Å²) in [6.45, 7) is 3.90. The Labute approximate surface area is 215 Å². The first-order valence-electron chi connectivity index (χ1n) is 12.5. The minimum absolute atomic E-state index is 0.181. The molecule has 0 heterocycles. The van der Waals surface area contributed by atoms with Crippen LogP contribution in [0.3, 0.4) is 0 Å². The summed E-state index contributed by atoms with van der Waals surface area (Å²) in [5.41, 5.74) is 3.59. The zero-order valence-electron chi connectivity index (χ0n) is 21.3. The SMILES string of the molecule is CCCCCC[C@H](CC(C#N)c1ccc(-c2ccc(OC)cc2)cc1)OS(=O)(=O)c1ccccc1C. The van der Waals surface area contributed by atoms with Crippen LogP contribution in [-0.2, 0) is 14.3 Å². The number of nitrogens with zero attached hydrogens (tertiary/aromatic N) is 1. The molecular weight excluding hydrogens is 470 g/mol. The molecule has 36 heavy (non-hydrogen) atoms. The maximum absolute atomic E-state index is 13.1. The smallest absolute Gasteiger partial charge is 0.297 e. The van der Waals surface area contributed by atoms with Crippen molar-refractivity contribution in [3.8, 4) is 22.9 Å². The molecule has 190 valence electrons. The number of unbranched alkanes of at least 4 members (excludes halogenated alkanes) is 3. The van der Waals surface area contributed by atoms with Crippen molar-refractivity contribution in [3.05, 3.63) is 83.9 Å². The van der Waals surface area contributed by atoms with Gasteiger partial charge >= 0.3 is 0 Å². The second-order valence-electron chi connectivity index (χ2n) is 9.06. The quantitative estimate of drug-likeness (QED) is 0.178. The van der Waals surface area contributed by atoms with E-state index in [1.807, 2.05) is 48.5 Å².